The molecule has 0 atom stereocenters. The largest absolute Gasteiger partial charge is 0.508 e. The van der Waals surface area contributed by atoms with Crippen LogP contribution in [0.4, 0.5) is 10.6 Å². The molecule has 0 spiro atoms. The number of aromatic hydroxyl groups is 1. The van der Waals surface area contributed by atoms with Crippen molar-refractivity contribution >= 4 is 33.8 Å². The van der Waals surface area contributed by atoms with Crippen LogP contribution in [0.3, 0.4) is 0 Å². The third-order valence-corrected chi connectivity index (χ3v) is 6.68. The normalized spacial score (nSPS) is 11.5. The Balaban J connectivity index is 1.46. The Labute approximate surface area is 229 Å². The van der Waals surface area contributed by atoms with Crippen LogP contribution in [0.5, 0.6) is 5.75 Å². The first-order valence-corrected chi connectivity index (χ1v) is 13.3. The van der Waals surface area contributed by atoms with Gasteiger partial charge in [0.05, 0.1) is 17.6 Å². The maximum absolute atomic E-state index is 13.2. The van der Waals surface area contributed by atoms with Crippen molar-refractivity contribution in [1.82, 2.24) is 29.7 Å². The van der Waals surface area contributed by atoms with Crippen molar-refractivity contribution in [3.8, 4) is 5.75 Å². The molecule has 10 heteroatoms. The number of aryl methyl sites for hydroxylation is 1. The van der Waals surface area contributed by atoms with E-state index in [0.29, 0.717) is 50.5 Å². The van der Waals surface area contributed by atoms with E-state index in [2.05, 4.69) is 19.8 Å². The predicted molar refractivity (Wildman–Crippen MR) is 155 cm³/mol. The summed E-state index contributed by atoms with van der Waals surface area (Å²) in [5, 5.41) is 13.7. The molecule has 0 aliphatic rings. The van der Waals surface area contributed by atoms with Gasteiger partial charge in [-0.3, -0.25) is 0 Å². The van der Waals surface area contributed by atoms with E-state index in [1.807, 2.05) is 55.4 Å². The molecule has 4 aromatic rings. The molecule has 4 rings (SSSR count). The topological polar surface area (TPSA) is 122 Å². The van der Waals surface area contributed by atoms with Crippen LogP contribution in [0.2, 0.25) is 0 Å². The summed E-state index contributed by atoms with van der Waals surface area (Å²) < 4.78 is 7.51. The van der Waals surface area contributed by atoms with Crippen molar-refractivity contribution in [3.05, 3.63) is 59.9 Å². The van der Waals surface area contributed by atoms with E-state index in [1.54, 1.807) is 19.2 Å². The zero-order chi connectivity index (χ0) is 27.8. The number of nitrogens with one attached hydrogen (secondary N) is 1. The number of imidazole rings is 1. The van der Waals surface area contributed by atoms with E-state index in [-0.39, 0.29) is 11.8 Å². The van der Waals surface area contributed by atoms with Crippen LogP contribution < -0.4 is 11.1 Å². The minimum absolute atomic E-state index is 0.101. The average molecular weight is 534 g/mol. The molecule has 39 heavy (non-hydrogen) atoms. The molecule has 208 valence electrons. The van der Waals surface area contributed by atoms with Gasteiger partial charge in [0.25, 0.3) is 0 Å². The minimum atomic E-state index is -0.101. The molecule has 0 saturated carbocycles. The quantitative estimate of drug-likeness (QED) is 0.224. The predicted octanol–water partition coefficient (Wildman–Crippen LogP) is 3.61. The molecule has 4 N–H and O–H groups in total. The number of carbonyl (C=O) groups is 1. The average Bonchev–Trinajstić information content (AvgIpc) is 3.29. The molecular weight excluding hydrogens is 494 g/mol. The second-order valence-electron chi connectivity index (χ2n) is 9.96. The number of ether oxygens (including phenoxy) is 1. The number of urea groups is 1. The number of aromatic nitrogens is 3. The van der Waals surface area contributed by atoms with Crippen molar-refractivity contribution in [1.29, 1.82) is 0 Å². The number of nitrogen functional groups attached to an aromatic ring is 1. The first kappa shape index (κ1) is 28.1. The molecule has 0 aliphatic carbocycles. The summed E-state index contributed by atoms with van der Waals surface area (Å²) in [7, 11) is 5.73. The number of pyridine rings is 1. The van der Waals surface area contributed by atoms with Gasteiger partial charge in [-0.1, -0.05) is 30.3 Å². The Morgan fingerprint density at radius 3 is 2.59 bits per heavy atom. The Hall–Kier alpha value is -3.89. The monoisotopic (exact) mass is 533 g/mol. The molecule has 0 bridgehead atoms. The summed E-state index contributed by atoms with van der Waals surface area (Å²) in [4.78, 5) is 26.5. The third-order valence-electron chi connectivity index (χ3n) is 6.68. The zero-order valence-electron chi connectivity index (χ0n) is 23.1. The standard InChI is InChI=1S/C29H39N7O3/c1-34(2)16-7-17-35(20-21-10-12-22(37)13-11-21)29(38)31-15-6-18-36-25(14-19-39-3)33-26-27(36)23-8-4-5-9-24(23)32-28(26)30/h4-5,8-13,37H,6-7,14-20H2,1-3H3,(H2,30,32)(H,31,38). The highest BCUT2D eigenvalue weighted by Gasteiger charge is 2.18. The van der Waals surface area contributed by atoms with Gasteiger partial charge in [-0.25, -0.2) is 14.8 Å². The number of carbonyl (C=O) groups excluding carboxylic acids is 1. The fourth-order valence-corrected chi connectivity index (χ4v) is 4.73. The van der Waals surface area contributed by atoms with Gasteiger partial charge in [-0.15, -0.1) is 0 Å². The molecule has 2 heterocycles. The molecule has 2 aromatic carbocycles. The van der Waals surface area contributed by atoms with Gasteiger partial charge in [0.1, 0.15) is 17.1 Å². The number of benzene rings is 2. The van der Waals surface area contributed by atoms with Crippen molar-refractivity contribution < 1.29 is 14.6 Å². The summed E-state index contributed by atoms with van der Waals surface area (Å²) in [6.07, 6.45) is 2.24. The van der Waals surface area contributed by atoms with Crippen LogP contribution in [0.1, 0.15) is 24.2 Å². The van der Waals surface area contributed by atoms with Gasteiger partial charge in [0.2, 0.25) is 0 Å². The van der Waals surface area contributed by atoms with Crippen LogP contribution in [-0.2, 0) is 24.2 Å². The van der Waals surface area contributed by atoms with Gasteiger partial charge in [-0.2, -0.15) is 0 Å². The highest BCUT2D eigenvalue weighted by molar-refractivity contribution is 6.06. The van der Waals surface area contributed by atoms with Gasteiger partial charge >= 0.3 is 6.03 Å². The van der Waals surface area contributed by atoms with Gasteiger partial charge in [0, 0.05) is 45.1 Å². The number of rotatable bonds is 13. The lowest BCUT2D eigenvalue weighted by Crippen LogP contribution is -2.41. The number of nitrogens with two attached hydrogens (primary N) is 1. The highest BCUT2D eigenvalue weighted by Crippen LogP contribution is 2.29. The fourth-order valence-electron chi connectivity index (χ4n) is 4.73. The van der Waals surface area contributed by atoms with Crippen molar-refractivity contribution in [2.45, 2.75) is 32.4 Å². The fraction of sp³-hybridized carbons (Fsp3) is 0.414. The third kappa shape index (κ3) is 7.15. The summed E-state index contributed by atoms with van der Waals surface area (Å²) in [6.45, 7) is 3.73. The summed E-state index contributed by atoms with van der Waals surface area (Å²) in [5.41, 5.74) is 9.76. The lowest BCUT2D eigenvalue weighted by molar-refractivity contribution is 0.191. The Morgan fingerprint density at radius 2 is 1.85 bits per heavy atom. The van der Waals surface area contributed by atoms with E-state index in [4.69, 9.17) is 15.5 Å². The van der Waals surface area contributed by atoms with Crippen molar-refractivity contribution in [2.75, 3.05) is 53.2 Å². The number of phenolic OH excluding ortho intramolecular Hbond substituents is 1. The van der Waals surface area contributed by atoms with Crippen LogP contribution in [0.25, 0.3) is 21.9 Å². The number of hydrogen-bond donors (Lipinski definition) is 3. The Kier molecular flexibility index (Phi) is 9.56. The number of anilines is 1. The number of hydrogen-bond acceptors (Lipinski definition) is 7. The molecule has 0 saturated heterocycles. The maximum atomic E-state index is 13.2. The number of nitrogens with zero attached hydrogens (tertiary/aromatic N) is 5. The second-order valence-corrected chi connectivity index (χ2v) is 9.96. The van der Waals surface area contributed by atoms with Gasteiger partial charge in [-0.05, 0) is 57.2 Å². The van der Waals surface area contributed by atoms with Crippen LogP contribution in [-0.4, -0.2) is 82.9 Å². The first-order chi connectivity index (χ1) is 18.9. The lowest BCUT2D eigenvalue weighted by Gasteiger charge is -2.24. The van der Waals surface area contributed by atoms with Crippen LogP contribution in [0, 0.1) is 0 Å². The SMILES string of the molecule is COCCc1nc2c(N)nc3ccccc3c2n1CCCNC(=O)N(CCCN(C)C)Cc1ccc(O)cc1. The van der Waals surface area contributed by atoms with Crippen molar-refractivity contribution in [2.24, 2.45) is 0 Å². The molecule has 0 radical (unpaired) electrons. The van der Waals surface area contributed by atoms with E-state index in [9.17, 15) is 9.90 Å². The number of para-hydroxylation sites is 1. The Morgan fingerprint density at radius 1 is 1.08 bits per heavy atom. The zero-order valence-corrected chi connectivity index (χ0v) is 23.1. The Bertz CT molecular complexity index is 1390. The summed E-state index contributed by atoms with van der Waals surface area (Å²) >= 11 is 0. The molecule has 2 amide bonds. The molecule has 0 unspecified atom stereocenters. The van der Waals surface area contributed by atoms with Gasteiger partial charge in [0.15, 0.2) is 5.82 Å². The molecule has 10 nitrogen and oxygen atoms in total. The summed E-state index contributed by atoms with van der Waals surface area (Å²) in [5.74, 6) is 1.52. The molecule has 2 aromatic heterocycles. The van der Waals surface area contributed by atoms with E-state index >= 15 is 0 Å². The smallest absolute Gasteiger partial charge is 0.317 e. The molecular formula is C29H39N7O3. The second kappa shape index (κ2) is 13.3. The maximum Gasteiger partial charge on any atom is 0.317 e. The van der Waals surface area contributed by atoms with E-state index in [1.165, 1.54) is 0 Å². The number of amides is 2. The van der Waals surface area contributed by atoms with E-state index in [0.717, 1.165) is 47.2 Å². The van der Waals surface area contributed by atoms with Gasteiger partial charge < -0.3 is 35.3 Å². The molecule has 0 aliphatic heterocycles. The van der Waals surface area contributed by atoms with Crippen molar-refractivity contribution in [3.63, 3.8) is 0 Å². The highest BCUT2D eigenvalue weighted by atomic mass is 16.5. The number of phenols is 1. The number of fused-ring (bicyclic) bond motifs is 3. The first-order valence-electron chi connectivity index (χ1n) is 13.3. The van der Waals surface area contributed by atoms with E-state index < -0.39 is 0 Å². The van der Waals surface area contributed by atoms with Crippen LogP contribution >= 0.6 is 0 Å². The minimum Gasteiger partial charge on any atom is -0.508 e. The van der Waals surface area contributed by atoms with Crippen LogP contribution in [0.15, 0.2) is 48.5 Å². The number of methoxy groups -OCH3 is 1. The summed E-state index contributed by atoms with van der Waals surface area (Å²) in [6, 6.07) is 14.8. The molecule has 0 fully saturated rings. The lowest BCUT2D eigenvalue weighted by atomic mass is 10.2.